The minimum absolute atomic E-state index is 0.499. The first-order valence-corrected chi connectivity index (χ1v) is 30.4. The molecule has 0 aliphatic heterocycles. The molecule has 0 fully saturated rings. The van der Waals surface area contributed by atoms with Gasteiger partial charge < -0.3 is 0 Å². The van der Waals surface area contributed by atoms with Crippen molar-refractivity contribution in [1.29, 1.82) is 0 Å². The van der Waals surface area contributed by atoms with Crippen LogP contribution in [0, 0.1) is 0 Å². The summed E-state index contributed by atoms with van der Waals surface area (Å²) in [5.41, 5.74) is 0. The number of hydrogen-bond donors (Lipinski definition) is 3. The van der Waals surface area contributed by atoms with E-state index in [1.54, 1.807) is 0 Å². The van der Waals surface area contributed by atoms with E-state index < -0.39 is 142 Å². The standard InChI is InChI=1S/C45H33N6O12PS6/c52-65(53,31-19-7-1-8-20-31)40-37(41(47-46-40)66(54,55)32-21-9-2-10-22-32)64(38-42(67(56,57)33-23-11-3-12-24-33)48-49-43(38)68(58,59)34-25-13-4-14-26-34)39-44(69(60,61)35-27-15-5-16-28-35)50-51-45(39)70(62,63)36-29-17-6-18-30-36/h1-30H,(H,46,47)(H,48,49)(H,50,51). The average molecular weight is 1070 g/mol. The van der Waals surface area contributed by atoms with Gasteiger partial charge in [0.15, 0.2) is 30.2 Å². The van der Waals surface area contributed by atoms with E-state index in [4.69, 9.17) is 0 Å². The summed E-state index contributed by atoms with van der Waals surface area (Å²) in [6, 6.07) is 38.5. The second kappa shape index (κ2) is 18.1. The van der Waals surface area contributed by atoms with Gasteiger partial charge in [0.05, 0.1) is 45.3 Å². The molecule has 70 heavy (non-hydrogen) atoms. The Hall–Kier alpha value is -6.92. The molecule has 0 saturated carbocycles. The van der Waals surface area contributed by atoms with Crippen molar-refractivity contribution >= 4 is 82.9 Å². The zero-order valence-corrected chi connectivity index (χ0v) is 41.3. The van der Waals surface area contributed by atoms with Crippen molar-refractivity contribution in [1.82, 2.24) is 30.6 Å². The minimum atomic E-state index is -5.17. The fraction of sp³-hybridized carbons (Fsp3) is 0. The van der Waals surface area contributed by atoms with Crippen LogP contribution in [-0.2, 0) is 59.0 Å². The van der Waals surface area contributed by atoms with Gasteiger partial charge in [0.25, 0.3) is 0 Å². The molecule has 0 radical (unpaired) electrons. The Bertz CT molecular complexity index is 3440. The number of nitrogens with one attached hydrogen (secondary N) is 3. The molecule has 0 bridgehead atoms. The topological polar surface area (TPSA) is 291 Å². The Balaban J connectivity index is 1.57. The summed E-state index contributed by atoms with van der Waals surface area (Å²) >= 11 is 0. The third-order valence-electron chi connectivity index (χ3n) is 10.6. The van der Waals surface area contributed by atoms with E-state index in [-0.39, 0.29) is 0 Å². The Kier molecular flexibility index (Phi) is 12.5. The first kappa shape index (κ1) is 48.1. The molecule has 18 nitrogen and oxygen atoms in total. The molecule has 0 atom stereocenters. The van der Waals surface area contributed by atoms with Crippen molar-refractivity contribution < 1.29 is 50.5 Å². The van der Waals surface area contributed by atoms with Gasteiger partial charge in [-0.05, 0) is 72.8 Å². The number of hydrogen-bond acceptors (Lipinski definition) is 15. The van der Waals surface area contributed by atoms with Crippen molar-refractivity contribution in [3.05, 3.63) is 182 Å². The van der Waals surface area contributed by atoms with E-state index in [0.29, 0.717) is 0 Å². The molecular weight excluding hydrogens is 1040 g/mol. The molecule has 3 N–H and O–H groups in total. The molecule has 0 aliphatic carbocycles. The third-order valence-corrected chi connectivity index (χ3v) is 24.4. The monoisotopic (exact) mass is 1070 g/mol. The molecule has 3 aromatic heterocycles. The first-order chi connectivity index (χ1) is 33.3. The average Bonchev–Trinajstić information content (AvgIpc) is 4.16. The predicted molar refractivity (Wildman–Crippen MR) is 253 cm³/mol. The van der Waals surface area contributed by atoms with Gasteiger partial charge >= 0.3 is 0 Å². The summed E-state index contributed by atoms with van der Waals surface area (Å²) in [6.07, 6.45) is 0. The highest BCUT2D eigenvalue weighted by molar-refractivity contribution is 7.98. The summed E-state index contributed by atoms with van der Waals surface area (Å²) in [6.45, 7) is 0. The second-order valence-electron chi connectivity index (χ2n) is 14.9. The molecule has 0 saturated heterocycles. The van der Waals surface area contributed by atoms with Crippen molar-refractivity contribution in [2.75, 3.05) is 0 Å². The lowest BCUT2D eigenvalue weighted by molar-refractivity contribution is 0.589. The largest absolute Gasteiger partial charge is 0.265 e. The van der Waals surface area contributed by atoms with E-state index >= 15 is 50.5 Å². The van der Waals surface area contributed by atoms with E-state index in [2.05, 4.69) is 30.6 Å². The Morgan fingerprint density at radius 2 is 0.429 bits per heavy atom. The van der Waals surface area contributed by atoms with Gasteiger partial charge in [0.1, 0.15) is 0 Å². The molecule has 0 aliphatic rings. The summed E-state index contributed by atoms with van der Waals surface area (Å²) < 4.78 is 182. The van der Waals surface area contributed by atoms with E-state index in [1.807, 2.05) is 0 Å². The summed E-state index contributed by atoms with van der Waals surface area (Å²) in [5.74, 6) is 0. The molecule has 3 heterocycles. The summed E-state index contributed by atoms with van der Waals surface area (Å²) in [7, 11) is -34.9. The zero-order chi connectivity index (χ0) is 49.7. The second-order valence-corrected chi connectivity index (χ2v) is 28.1. The maximum Gasteiger partial charge on any atom is 0.226 e. The van der Waals surface area contributed by atoms with Crippen LogP contribution < -0.4 is 15.9 Å². The normalized spacial score (nSPS) is 12.8. The lowest BCUT2D eigenvalue weighted by Crippen LogP contribution is -2.34. The maximum absolute atomic E-state index is 15.2. The number of aromatic amines is 3. The van der Waals surface area contributed by atoms with Crippen LogP contribution in [0.3, 0.4) is 0 Å². The Labute approximate surface area is 402 Å². The molecule has 9 rings (SSSR count). The highest BCUT2D eigenvalue weighted by Crippen LogP contribution is 2.47. The van der Waals surface area contributed by atoms with Crippen LogP contribution in [0.1, 0.15) is 0 Å². The van der Waals surface area contributed by atoms with Gasteiger partial charge in [0, 0.05) is 7.92 Å². The van der Waals surface area contributed by atoms with Crippen molar-refractivity contribution in [2.24, 2.45) is 0 Å². The Morgan fingerprint density at radius 3 is 0.614 bits per heavy atom. The quantitative estimate of drug-likeness (QED) is 0.118. The van der Waals surface area contributed by atoms with E-state index in [0.717, 1.165) is 72.8 Å². The number of benzene rings is 6. The maximum atomic E-state index is 15.2. The summed E-state index contributed by atoms with van der Waals surface area (Å²) in [4.78, 5) is -3.03. The molecule has 0 spiro atoms. The van der Waals surface area contributed by atoms with Crippen LogP contribution in [0.25, 0.3) is 0 Å². The molecule has 0 amide bonds. The minimum Gasteiger partial charge on any atom is -0.265 e. The highest BCUT2D eigenvalue weighted by atomic mass is 32.2. The van der Waals surface area contributed by atoms with Crippen molar-refractivity contribution in [2.45, 2.75) is 59.5 Å². The van der Waals surface area contributed by atoms with Gasteiger partial charge in [-0.15, -0.1) is 0 Å². The van der Waals surface area contributed by atoms with Crippen LogP contribution >= 0.6 is 7.92 Å². The Morgan fingerprint density at radius 1 is 0.257 bits per heavy atom. The fourth-order valence-corrected chi connectivity index (χ4v) is 21.0. The highest BCUT2D eigenvalue weighted by Gasteiger charge is 2.49. The van der Waals surface area contributed by atoms with E-state index in [9.17, 15) is 0 Å². The van der Waals surface area contributed by atoms with Gasteiger partial charge in [-0.25, -0.2) is 50.5 Å². The number of rotatable bonds is 15. The van der Waals surface area contributed by atoms with Gasteiger partial charge in [-0.3, -0.25) is 15.3 Å². The number of nitrogens with zero attached hydrogens (tertiary/aromatic N) is 3. The number of H-pyrrole nitrogens is 3. The molecule has 9 aromatic rings. The molecule has 25 heteroatoms. The van der Waals surface area contributed by atoms with Crippen molar-refractivity contribution in [3.8, 4) is 0 Å². The molecular formula is C45H33N6O12PS6. The van der Waals surface area contributed by atoms with Gasteiger partial charge in [-0.2, -0.15) is 15.3 Å². The van der Waals surface area contributed by atoms with Gasteiger partial charge in [0.2, 0.25) is 59.0 Å². The number of sulfone groups is 6. The number of aromatic nitrogens is 6. The predicted octanol–water partition coefficient (Wildman–Crippen LogP) is 4.61. The lowest BCUT2D eigenvalue weighted by Gasteiger charge is -2.23. The zero-order valence-electron chi connectivity index (χ0n) is 35.5. The summed E-state index contributed by atoms with van der Waals surface area (Å²) in [5, 5.41) is 9.04. The molecule has 6 aromatic carbocycles. The smallest absolute Gasteiger partial charge is 0.226 e. The third kappa shape index (κ3) is 8.19. The SMILES string of the molecule is O=S(=O)(c1ccccc1)c1n[nH]c(S(=O)(=O)c2ccccc2)c1P(c1c(S(=O)(=O)c2ccccc2)n[nH]c1S(=O)(=O)c1ccccc1)c1c(S(=O)(=O)c2ccccc2)n[nH]c1S(=O)(=O)c1ccccc1. The van der Waals surface area contributed by atoms with Crippen LogP contribution in [0.5, 0.6) is 0 Å². The van der Waals surface area contributed by atoms with Crippen molar-refractivity contribution in [3.63, 3.8) is 0 Å². The molecule has 356 valence electrons. The van der Waals surface area contributed by atoms with Crippen LogP contribution in [0.15, 0.2) is 242 Å². The molecule has 0 unspecified atom stereocenters. The lowest BCUT2D eigenvalue weighted by atomic mass is 10.4. The first-order valence-electron chi connectivity index (χ1n) is 20.2. The van der Waals surface area contributed by atoms with Crippen LogP contribution in [-0.4, -0.2) is 81.1 Å². The van der Waals surface area contributed by atoms with Gasteiger partial charge in [-0.1, -0.05) is 109 Å². The fourth-order valence-electron chi connectivity index (χ4n) is 7.25. The van der Waals surface area contributed by atoms with E-state index in [1.165, 1.54) is 109 Å². The van der Waals surface area contributed by atoms with Crippen LogP contribution in [0.4, 0.5) is 0 Å². The van der Waals surface area contributed by atoms with Crippen LogP contribution in [0.2, 0.25) is 0 Å².